The minimum absolute atomic E-state index is 0.0846. The minimum atomic E-state index is -0.538. The summed E-state index contributed by atoms with van der Waals surface area (Å²) in [4.78, 5) is 15.4. The van der Waals surface area contributed by atoms with E-state index in [0.29, 0.717) is 50.5 Å². The molecule has 0 saturated carbocycles. The summed E-state index contributed by atoms with van der Waals surface area (Å²) in [7, 11) is 0. The molecule has 3 aromatic rings. The molecule has 0 N–H and O–H groups in total. The molecule has 0 radical (unpaired) electrons. The molecule has 3 heterocycles. The van der Waals surface area contributed by atoms with Crippen LogP contribution in [0.3, 0.4) is 0 Å². The zero-order valence-corrected chi connectivity index (χ0v) is 18.3. The molecule has 0 aliphatic carbocycles. The number of hydrogen-bond acceptors (Lipinski definition) is 4. The van der Waals surface area contributed by atoms with Crippen molar-refractivity contribution in [3.05, 3.63) is 71.2 Å². The van der Waals surface area contributed by atoms with Gasteiger partial charge in [-0.25, -0.2) is 9.07 Å². The van der Waals surface area contributed by atoms with Gasteiger partial charge in [0.2, 0.25) is 0 Å². The average molecular weight is 435 g/mol. The van der Waals surface area contributed by atoms with Crippen molar-refractivity contribution in [2.24, 2.45) is 0 Å². The molecule has 166 valence electrons. The quantitative estimate of drug-likeness (QED) is 0.616. The average Bonchev–Trinajstić information content (AvgIpc) is 3.42. The maximum atomic E-state index is 13.6. The summed E-state index contributed by atoms with van der Waals surface area (Å²) in [6, 6.07) is 14.0. The second kappa shape index (κ2) is 8.15. The van der Waals surface area contributed by atoms with Gasteiger partial charge in [-0.2, -0.15) is 5.10 Å². The van der Waals surface area contributed by atoms with Crippen LogP contribution < -0.4 is 0 Å². The van der Waals surface area contributed by atoms with Crippen LogP contribution in [-0.4, -0.2) is 52.7 Å². The lowest BCUT2D eigenvalue weighted by atomic mass is 10.0. The Morgan fingerprint density at radius 2 is 1.69 bits per heavy atom. The molecule has 0 unspecified atom stereocenters. The van der Waals surface area contributed by atoms with Crippen LogP contribution in [0.1, 0.15) is 34.5 Å². The number of nitrogens with zero attached hydrogens (tertiary/aromatic N) is 3. The maximum Gasteiger partial charge on any atom is 0.272 e. The SMILES string of the molecule is Cc1ccc(-n2nc(-c3ccc(F)cc3)cc2C(=O)N2CCC3(CC2)OCCO3)c(C)c1. The van der Waals surface area contributed by atoms with Crippen molar-refractivity contribution in [2.75, 3.05) is 26.3 Å². The third-order valence-electron chi connectivity index (χ3n) is 6.27. The lowest BCUT2D eigenvalue weighted by Gasteiger charge is -2.37. The highest BCUT2D eigenvalue weighted by Crippen LogP contribution is 2.32. The summed E-state index contributed by atoms with van der Waals surface area (Å²) in [5.74, 6) is -0.930. The van der Waals surface area contributed by atoms with Gasteiger partial charge < -0.3 is 14.4 Å². The number of aryl methyl sites for hydroxylation is 2. The number of likely N-dealkylation sites (tertiary alicyclic amines) is 1. The van der Waals surface area contributed by atoms with Crippen molar-refractivity contribution in [3.8, 4) is 16.9 Å². The van der Waals surface area contributed by atoms with Gasteiger partial charge in [0, 0.05) is 31.5 Å². The van der Waals surface area contributed by atoms with Crippen LogP contribution in [0.5, 0.6) is 0 Å². The van der Waals surface area contributed by atoms with E-state index in [1.807, 2.05) is 30.9 Å². The Kier molecular flexibility index (Phi) is 5.31. The zero-order chi connectivity index (χ0) is 22.3. The number of hydrogen-bond donors (Lipinski definition) is 0. The highest BCUT2D eigenvalue weighted by Gasteiger charge is 2.41. The van der Waals surface area contributed by atoms with E-state index in [9.17, 15) is 9.18 Å². The van der Waals surface area contributed by atoms with Crippen molar-refractivity contribution in [1.82, 2.24) is 14.7 Å². The van der Waals surface area contributed by atoms with E-state index in [4.69, 9.17) is 14.6 Å². The Morgan fingerprint density at radius 3 is 2.34 bits per heavy atom. The van der Waals surface area contributed by atoms with Gasteiger partial charge in [-0.3, -0.25) is 4.79 Å². The lowest BCUT2D eigenvalue weighted by molar-refractivity contribution is -0.181. The van der Waals surface area contributed by atoms with Crippen LogP contribution in [0.25, 0.3) is 16.9 Å². The fraction of sp³-hybridized carbons (Fsp3) is 0.360. The first-order valence-electron chi connectivity index (χ1n) is 10.9. The Morgan fingerprint density at radius 1 is 1.00 bits per heavy atom. The van der Waals surface area contributed by atoms with Crippen molar-refractivity contribution >= 4 is 5.91 Å². The summed E-state index contributed by atoms with van der Waals surface area (Å²) in [5.41, 5.74) is 4.89. The topological polar surface area (TPSA) is 56.6 Å². The largest absolute Gasteiger partial charge is 0.347 e. The van der Waals surface area contributed by atoms with Crippen LogP contribution in [-0.2, 0) is 9.47 Å². The van der Waals surface area contributed by atoms with E-state index < -0.39 is 5.79 Å². The van der Waals surface area contributed by atoms with Crippen molar-refractivity contribution in [1.29, 1.82) is 0 Å². The molecule has 2 saturated heterocycles. The molecule has 7 heteroatoms. The van der Waals surface area contributed by atoms with Crippen LogP contribution in [0.4, 0.5) is 4.39 Å². The van der Waals surface area contributed by atoms with E-state index in [-0.39, 0.29) is 11.7 Å². The van der Waals surface area contributed by atoms with Crippen molar-refractivity contribution in [3.63, 3.8) is 0 Å². The van der Waals surface area contributed by atoms with Gasteiger partial charge >= 0.3 is 0 Å². The fourth-order valence-electron chi connectivity index (χ4n) is 4.52. The number of halogens is 1. The zero-order valence-electron chi connectivity index (χ0n) is 18.3. The third kappa shape index (κ3) is 3.82. The molecular weight excluding hydrogens is 409 g/mol. The van der Waals surface area contributed by atoms with Crippen LogP contribution in [0, 0.1) is 19.7 Å². The van der Waals surface area contributed by atoms with E-state index in [2.05, 4.69) is 6.07 Å². The van der Waals surface area contributed by atoms with E-state index in [1.165, 1.54) is 12.1 Å². The minimum Gasteiger partial charge on any atom is -0.347 e. The monoisotopic (exact) mass is 435 g/mol. The maximum absolute atomic E-state index is 13.6. The molecule has 6 nitrogen and oxygen atoms in total. The summed E-state index contributed by atoms with van der Waals surface area (Å²) in [6.45, 7) is 6.37. The number of amides is 1. The number of aromatic nitrogens is 2. The summed E-state index contributed by atoms with van der Waals surface area (Å²) >= 11 is 0. The molecule has 1 aromatic heterocycles. The second-order valence-electron chi connectivity index (χ2n) is 8.52. The Labute approximate surface area is 186 Å². The summed E-state index contributed by atoms with van der Waals surface area (Å²) < 4.78 is 26.7. The van der Waals surface area contributed by atoms with Crippen LogP contribution >= 0.6 is 0 Å². The van der Waals surface area contributed by atoms with E-state index >= 15 is 0 Å². The predicted octanol–water partition coefficient (Wildman–Crippen LogP) is 4.27. The molecule has 2 fully saturated rings. The number of rotatable bonds is 3. The summed E-state index contributed by atoms with van der Waals surface area (Å²) in [6.07, 6.45) is 1.31. The first-order valence-corrected chi connectivity index (χ1v) is 10.9. The molecule has 2 aliphatic rings. The number of benzene rings is 2. The van der Waals surface area contributed by atoms with Gasteiger partial charge in [0.1, 0.15) is 11.5 Å². The molecule has 2 aromatic carbocycles. The molecule has 5 rings (SSSR count). The molecular formula is C25H26FN3O3. The van der Waals surface area contributed by atoms with Crippen LogP contribution in [0.2, 0.25) is 0 Å². The fourth-order valence-corrected chi connectivity index (χ4v) is 4.52. The Balaban J connectivity index is 1.51. The van der Waals surface area contributed by atoms with Crippen molar-refractivity contribution < 1.29 is 18.7 Å². The third-order valence-corrected chi connectivity index (χ3v) is 6.27. The van der Waals surface area contributed by atoms with E-state index in [0.717, 1.165) is 22.4 Å². The standard InChI is InChI=1S/C25H26FN3O3/c1-17-3-8-22(18(2)15-17)29-23(16-21(27-29)19-4-6-20(26)7-5-19)24(30)28-11-9-25(10-12-28)31-13-14-32-25/h3-8,15-16H,9-14H2,1-2H3. The number of carbonyl (C=O) groups is 1. The molecule has 0 bridgehead atoms. The Bertz CT molecular complexity index is 1140. The van der Waals surface area contributed by atoms with Crippen LogP contribution in [0.15, 0.2) is 48.5 Å². The Hall–Kier alpha value is -3.03. The molecule has 0 atom stereocenters. The van der Waals surface area contributed by atoms with Crippen molar-refractivity contribution in [2.45, 2.75) is 32.5 Å². The van der Waals surface area contributed by atoms with Gasteiger partial charge in [-0.1, -0.05) is 17.7 Å². The number of carbonyl (C=O) groups excluding carboxylic acids is 1. The predicted molar refractivity (Wildman–Crippen MR) is 118 cm³/mol. The molecule has 1 spiro atoms. The molecule has 32 heavy (non-hydrogen) atoms. The lowest BCUT2D eigenvalue weighted by Crippen LogP contribution is -2.47. The second-order valence-corrected chi connectivity index (χ2v) is 8.52. The highest BCUT2D eigenvalue weighted by atomic mass is 19.1. The highest BCUT2D eigenvalue weighted by molar-refractivity contribution is 5.94. The van der Waals surface area contributed by atoms with Gasteiger partial charge in [0.15, 0.2) is 5.79 Å². The smallest absolute Gasteiger partial charge is 0.272 e. The van der Waals surface area contributed by atoms with Gasteiger partial charge in [-0.15, -0.1) is 0 Å². The summed E-state index contributed by atoms with van der Waals surface area (Å²) in [5, 5.41) is 4.76. The number of ether oxygens (including phenoxy) is 2. The van der Waals surface area contributed by atoms with Gasteiger partial charge in [-0.05, 0) is 55.8 Å². The molecule has 2 aliphatic heterocycles. The first-order chi connectivity index (χ1) is 15.4. The molecule has 1 amide bonds. The first kappa shape index (κ1) is 20.8. The van der Waals surface area contributed by atoms with E-state index in [1.54, 1.807) is 22.9 Å². The number of piperidine rings is 1. The van der Waals surface area contributed by atoms with Gasteiger partial charge in [0.25, 0.3) is 5.91 Å². The normalized spacial score (nSPS) is 17.8. The van der Waals surface area contributed by atoms with Gasteiger partial charge in [0.05, 0.1) is 24.6 Å².